The summed E-state index contributed by atoms with van der Waals surface area (Å²) < 4.78 is 24.6. The zero-order valence-electron chi connectivity index (χ0n) is 10.2. The number of fused-ring (bicyclic) bond motifs is 1. The van der Waals surface area contributed by atoms with Crippen molar-refractivity contribution in [2.75, 3.05) is 13.6 Å². The molecule has 0 amide bonds. The Morgan fingerprint density at radius 3 is 2.71 bits per heavy atom. The Kier molecular flexibility index (Phi) is 3.35. The number of rotatable bonds is 4. The maximum Gasteiger partial charge on any atom is 0.203 e. The molecule has 17 heavy (non-hydrogen) atoms. The number of benzene rings is 1. The molecule has 3 nitrogen and oxygen atoms in total. The Labute approximate surface area is 102 Å². The molecule has 1 heterocycles. The van der Waals surface area contributed by atoms with Gasteiger partial charge in [-0.3, -0.25) is 0 Å². The molecule has 0 aliphatic carbocycles. The quantitative estimate of drug-likeness (QED) is 0.834. The first-order valence-corrected chi connectivity index (χ1v) is 7.25. The summed E-state index contributed by atoms with van der Waals surface area (Å²) in [6, 6.07) is 5.61. The molecular weight excluding hydrogens is 234 g/mol. The highest BCUT2D eigenvalue weighted by molar-refractivity contribution is 7.95. The number of aryl methyl sites for hydroxylation is 1. The van der Waals surface area contributed by atoms with Gasteiger partial charge in [-0.05, 0) is 50.6 Å². The van der Waals surface area contributed by atoms with Crippen LogP contribution >= 0.6 is 0 Å². The lowest BCUT2D eigenvalue weighted by molar-refractivity contribution is 0.599. The molecule has 4 heteroatoms. The van der Waals surface area contributed by atoms with Gasteiger partial charge in [0, 0.05) is 4.91 Å². The Morgan fingerprint density at radius 2 is 2.06 bits per heavy atom. The summed E-state index contributed by atoms with van der Waals surface area (Å²) in [6.45, 7) is 2.68. The third-order valence-electron chi connectivity index (χ3n) is 3.02. The number of nitrogens with one attached hydrogen (secondary N) is 1. The molecule has 0 radical (unpaired) electrons. The van der Waals surface area contributed by atoms with Crippen molar-refractivity contribution in [3.63, 3.8) is 0 Å². The smallest absolute Gasteiger partial charge is 0.203 e. The van der Waals surface area contributed by atoms with Crippen molar-refractivity contribution >= 4 is 15.9 Å². The molecule has 0 fully saturated rings. The van der Waals surface area contributed by atoms with Crippen LogP contribution in [0.25, 0.3) is 6.08 Å². The number of hydrogen-bond acceptors (Lipinski definition) is 3. The first kappa shape index (κ1) is 12.3. The van der Waals surface area contributed by atoms with Crippen molar-refractivity contribution < 1.29 is 8.42 Å². The predicted molar refractivity (Wildman–Crippen MR) is 69.5 cm³/mol. The summed E-state index contributed by atoms with van der Waals surface area (Å²) in [6.07, 6.45) is 3.26. The van der Waals surface area contributed by atoms with E-state index in [4.69, 9.17) is 0 Å². The van der Waals surface area contributed by atoms with E-state index in [1.54, 1.807) is 0 Å². The molecule has 0 aromatic heterocycles. The van der Waals surface area contributed by atoms with Gasteiger partial charge in [-0.25, -0.2) is 8.42 Å². The molecule has 0 atom stereocenters. The van der Waals surface area contributed by atoms with Gasteiger partial charge in [0.1, 0.15) is 0 Å². The minimum absolute atomic E-state index is 0.499. The van der Waals surface area contributed by atoms with Crippen molar-refractivity contribution in [3.05, 3.63) is 34.2 Å². The summed E-state index contributed by atoms with van der Waals surface area (Å²) in [5.41, 5.74) is 1.67. The van der Waals surface area contributed by atoms with Crippen molar-refractivity contribution in [3.8, 4) is 0 Å². The van der Waals surface area contributed by atoms with Crippen LogP contribution in [0.15, 0.2) is 28.0 Å². The SMILES string of the molecule is CNCCCC1=Cc2cccc(C)c2S1(=O)=O. The molecule has 0 unspecified atom stereocenters. The molecule has 1 aromatic carbocycles. The van der Waals surface area contributed by atoms with Crippen molar-refractivity contribution in [2.24, 2.45) is 0 Å². The maximum atomic E-state index is 12.3. The summed E-state index contributed by atoms with van der Waals surface area (Å²) >= 11 is 0. The van der Waals surface area contributed by atoms with Crippen LogP contribution in [-0.2, 0) is 9.84 Å². The van der Waals surface area contributed by atoms with E-state index in [1.807, 2.05) is 38.2 Å². The maximum absolute atomic E-state index is 12.3. The van der Waals surface area contributed by atoms with Crippen LogP contribution in [0.5, 0.6) is 0 Å². The Bertz CT molecular complexity index is 559. The molecule has 0 spiro atoms. The summed E-state index contributed by atoms with van der Waals surface area (Å²) in [5, 5.41) is 3.03. The number of allylic oxidation sites excluding steroid dienone is 1. The fourth-order valence-electron chi connectivity index (χ4n) is 2.18. The van der Waals surface area contributed by atoms with Gasteiger partial charge in [-0.1, -0.05) is 18.2 Å². The van der Waals surface area contributed by atoms with Crippen LogP contribution in [-0.4, -0.2) is 22.0 Å². The fourth-order valence-corrected chi connectivity index (χ4v) is 4.07. The lowest BCUT2D eigenvalue weighted by atomic mass is 10.1. The Hall–Kier alpha value is -1.13. The molecule has 2 rings (SSSR count). The average Bonchev–Trinajstić information content (AvgIpc) is 2.52. The first-order valence-electron chi connectivity index (χ1n) is 5.77. The molecule has 92 valence electrons. The van der Waals surface area contributed by atoms with Crippen LogP contribution in [0.4, 0.5) is 0 Å². The van der Waals surface area contributed by atoms with E-state index in [9.17, 15) is 8.42 Å². The Balaban J connectivity index is 2.33. The van der Waals surface area contributed by atoms with E-state index >= 15 is 0 Å². The van der Waals surface area contributed by atoms with E-state index in [2.05, 4.69) is 5.32 Å². The molecule has 1 N–H and O–H groups in total. The van der Waals surface area contributed by atoms with Crippen LogP contribution in [0.2, 0.25) is 0 Å². The fraction of sp³-hybridized carbons (Fsp3) is 0.385. The topological polar surface area (TPSA) is 46.2 Å². The van der Waals surface area contributed by atoms with E-state index in [-0.39, 0.29) is 0 Å². The normalized spacial score (nSPS) is 16.7. The highest BCUT2D eigenvalue weighted by atomic mass is 32.2. The third kappa shape index (κ3) is 2.15. The molecule has 1 aliphatic heterocycles. The van der Waals surface area contributed by atoms with Crippen LogP contribution in [0.3, 0.4) is 0 Å². The van der Waals surface area contributed by atoms with Gasteiger partial charge >= 0.3 is 0 Å². The molecular formula is C13H17NO2S. The second kappa shape index (κ2) is 4.63. The lowest BCUT2D eigenvalue weighted by Crippen LogP contribution is -2.09. The van der Waals surface area contributed by atoms with Crippen LogP contribution < -0.4 is 5.32 Å². The summed E-state index contributed by atoms with van der Waals surface area (Å²) in [4.78, 5) is 1.05. The monoisotopic (exact) mass is 251 g/mol. The zero-order chi connectivity index (χ0) is 12.5. The summed E-state index contributed by atoms with van der Waals surface area (Å²) in [5.74, 6) is 0. The zero-order valence-corrected chi connectivity index (χ0v) is 11.0. The third-order valence-corrected chi connectivity index (χ3v) is 5.13. The number of sulfone groups is 1. The van der Waals surface area contributed by atoms with Gasteiger partial charge in [0.2, 0.25) is 9.84 Å². The molecule has 0 saturated carbocycles. The minimum Gasteiger partial charge on any atom is -0.320 e. The predicted octanol–water partition coefficient (Wildman–Crippen LogP) is 2.12. The second-order valence-corrected chi connectivity index (χ2v) is 6.25. The van der Waals surface area contributed by atoms with Gasteiger partial charge < -0.3 is 5.32 Å². The molecule has 1 aliphatic rings. The van der Waals surface area contributed by atoms with E-state index in [1.165, 1.54) is 0 Å². The van der Waals surface area contributed by atoms with Crippen molar-refractivity contribution in [2.45, 2.75) is 24.7 Å². The average molecular weight is 251 g/mol. The van der Waals surface area contributed by atoms with Crippen LogP contribution in [0, 0.1) is 6.92 Å². The molecule has 1 aromatic rings. The lowest BCUT2D eigenvalue weighted by Gasteiger charge is -2.06. The van der Waals surface area contributed by atoms with Crippen LogP contribution in [0.1, 0.15) is 24.0 Å². The van der Waals surface area contributed by atoms with Crippen molar-refractivity contribution in [1.82, 2.24) is 5.32 Å². The van der Waals surface area contributed by atoms with E-state index in [0.29, 0.717) is 16.2 Å². The van der Waals surface area contributed by atoms with Gasteiger partial charge in [0.15, 0.2) is 0 Å². The van der Waals surface area contributed by atoms with Gasteiger partial charge in [-0.2, -0.15) is 0 Å². The number of hydrogen-bond donors (Lipinski definition) is 1. The molecule has 0 saturated heterocycles. The van der Waals surface area contributed by atoms with E-state index < -0.39 is 9.84 Å². The summed E-state index contributed by atoms with van der Waals surface area (Å²) in [7, 11) is -1.35. The second-order valence-electron chi connectivity index (χ2n) is 4.31. The Morgan fingerprint density at radius 1 is 1.29 bits per heavy atom. The highest BCUT2D eigenvalue weighted by Gasteiger charge is 2.30. The van der Waals surface area contributed by atoms with Gasteiger partial charge in [-0.15, -0.1) is 0 Å². The largest absolute Gasteiger partial charge is 0.320 e. The van der Waals surface area contributed by atoms with Gasteiger partial charge in [0.05, 0.1) is 4.90 Å². The first-order chi connectivity index (χ1) is 8.07. The van der Waals surface area contributed by atoms with Crippen molar-refractivity contribution in [1.29, 1.82) is 0 Å². The van der Waals surface area contributed by atoms with E-state index in [0.717, 1.165) is 24.1 Å². The molecule has 0 bridgehead atoms. The highest BCUT2D eigenvalue weighted by Crippen LogP contribution is 2.36. The standard InChI is InChI=1S/C13H17NO2S/c1-10-5-3-6-11-9-12(7-4-8-14-2)17(15,16)13(10)11/h3,5-6,9,14H,4,7-8H2,1-2H3. The van der Waals surface area contributed by atoms with Gasteiger partial charge in [0.25, 0.3) is 0 Å². The minimum atomic E-state index is -3.22.